The molecule has 2 heterocycles. The fourth-order valence-corrected chi connectivity index (χ4v) is 3.73. The molecule has 7 heteroatoms. The highest BCUT2D eigenvalue weighted by molar-refractivity contribution is 6.06. The number of carbonyl (C=O) groups excluding carboxylic acids is 2. The number of nitrogens with zero attached hydrogens (tertiary/aromatic N) is 2. The molecule has 1 fully saturated rings. The van der Waals surface area contributed by atoms with Gasteiger partial charge in [0.25, 0.3) is 5.91 Å². The van der Waals surface area contributed by atoms with Crippen LogP contribution in [0.2, 0.25) is 0 Å². The lowest BCUT2D eigenvalue weighted by Gasteiger charge is -2.25. The zero-order valence-corrected chi connectivity index (χ0v) is 15.9. The standard InChI is InChI=1S/C20H25FN4O2/c1-12-8-17(16-7-4-13(21)9-18(16)24-12)20(27)23-11-15-6-5-14(25(15)3)10-19(26)22-2/h4,7-9,14-15H,5-6,10-11H2,1-3H3,(H,22,26)(H,23,27)/t14-,15+/m1/s1. The summed E-state index contributed by atoms with van der Waals surface area (Å²) in [5.74, 6) is -0.538. The van der Waals surface area contributed by atoms with Gasteiger partial charge in [0.15, 0.2) is 0 Å². The van der Waals surface area contributed by atoms with Gasteiger partial charge in [-0.15, -0.1) is 0 Å². The number of amides is 2. The number of nitrogens with one attached hydrogen (secondary N) is 2. The Hall–Kier alpha value is -2.54. The molecule has 2 N–H and O–H groups in total. The first kappa shape index (κ1) is 19.2. The summed E-state index contributed by atoms with van der Waals surface area (Å²) in [7, 11) is 3.63. The van der Waals surface area contributed by atoms with Crippen molar-refractivity contribution in [2.45, 2.75) is 38.3 Å². The summed E-state index contributed by atoms with van der Waals surface area (Å²) in [6.07, 6.45) is 2.33. The Morgan fingerprint density at radius 3 is 2.74 bits per heavy atom. The van der Waals surface area contributed by atoms with Crippen molar-refractivity contribution in [2.24, 2.45) is 0 Å². The maximum atomic E-state index is 13.5. The Labute approximate surface area is 158 Å². The average Bonchev–Trinajstić information content (AvgIpc) is 2.98. The Bertz CT molecular complexity index is 865. The molecule has 0 aliphatic carbocycles. The van der Waals surface area contributed by atoms with Gasteiger partial charge in [-0.05, 0) is 45.0 Å². The van der Waals surface area contributed by atoms with Crippen molar-refractivity contribution in [3.05, 3.63) is 41.3 Å². The van der Waals surface area contributed by atoms with Crippen LogP contribution in [0.25, 0.3) is 10.9 Å². The normalized spacial score (nSPS) is 20.0. The number of fused-ring (bicyclic) bond motifs is 1. The molecular weight excluding hydrogens is 347 g/mol. The third kappa shape index (κ3) is 4.24. The number of hydrogen-bond donors (Lipinski definition) is 2. The van der Waals surface area contributed by atoms with Gasteiger partial charge in [-0.25, -0.2) is 4.39 Å². The van der Waals surface area contributed by atoms with Crippen LogP contribution >= 0.6 is 0 Å². The van der Waals surface area contributed by atoms with Crippen LogP contribution in [0.3, 0.4) is 0 Å². The number of carbonyl (C=O) groups is 2. The van der Waals surface area contributed by atoms with Crippen LogP contribution in [0.1, 0.15) is 35.3 Å². The molecule has 3 rings (SSSR count). The minimum Gasteiger partial charge on any atom is -0.359 e. The van der Waals surface area contributed by atoms with Crippen molar-refractivity contribution in [2.75, 3.05) is 20.6 Å². The average molecular weight is 372 g/mol. The van der Waals surface area contributed by atoms with E-state index in [2.05, 4.69) is 20.5 Å². The van der Waals surface area contributed by atoms with Gasteiger partial charge in [-0.1, -0.05) is 0 Å². The summed E-state index contributed by atoms with van der Waals surface area (Å²) >= 11 is 0. The highest BCUT2D eigenvalue weighted by atomic mass is 19.1. The molecule has 1 aromatic carbocycles. The zero-order valence-electron chi connectivity index (χ0n) is 15.9. The molecule has 2 amide bonds. The van der Waals surface area contributed by atoms with E-state index in [1.807, 2.05) is 7.05 Å². The smallest absolute Gasteiger partial charge is 0.252 e. The molecule has 2 aromatic rings. The van der Waals surface area contributed by atoms with Crippen molar-refractivity contribution >= 4 is 22.7 Å². The summed E-state index contributed by atoms with van der Waals surface area (Å²) in [5, 5.41) is 6.28. The number of benzene rings is 1. The second-order valence-electron chi connectivity index (χ2n) is 7.11. The lowest BCUT2D eigenvalue weighted by molar-refractivity contribution is -0.121. The predicted molar refractivity (Wildman–Crippen MR) is 102 cm³/mol. The number of likely N-dealkylation sites (N-methyl/N-ethyl adjacent to an activating group) is 1. The van der Waals surface area contributed by atoms with Crippen molar-refractivity contribution < 1.29 is 14.0 Å². The van der Waals surface area contributed by atoms with Crippen LogP contribution in [0.15, 0.2) is 24.3 Å². The number of pyridine rings is 1. The van der Waals surface area contributed by atoms with Crippen molar-refractivity contribution in [3.63, 3.8) is 0 Å². The van der Waals surface area contributed by atoms with E-state index in [4.69, 9.17) is 0 Å². The summed E-state index contributed by atoms with van der Waals surface area (Å²) in [4.78, 5) is 30.8. The first-order valence-electron chi connectivity index (χ1n) is 9.16. The fraction of sp³-hybridized carbons (Fsp3) is 0.450. The molecule has 0 spiro atoms. The van der Waals surface area contributed by atoms with Crippen LogP contribution < -0.4 is 10.6 Å². The molecule has 144 valence electrons. The number of aromatic nitrogens is 1. The third-order valence-corrected chi connectivity index (χ3v) is 5.33. The molecule has 0 unspecified atom stereocenters. The lowest BCUT2D eigenvalue weighted by atomic mass is 10.1. The Kier molecular flexibility index (Phi) is 5.70. The SMILES string of the molecule is CNC(=O)C[C@H]1CC[C@@H](CNC(=O)c2cc(C)nc3cc(F)ccc23)N1C. The van der Waals surface area contributed by atoms with Gasteiger partial charge in [-0.3, -0.25) is 19.5 Å². The van der Waals surface area contributed by atoms with Crippen molar-refractivity contribution in [1.29, 1.82) is 0 Å². The van der Waals surface area contributed by atoms with E-state index in [1.54, 1.807) is 26.1 Å². The molecule has 1 saturated heterocycles. The van der Waals surface area contributed by atoms with Crippen LogP contribution in [0.5, 0.6) is 0 Å². The number of halogens is 1. The van der Waals surface area contributed by atoms with E-state index >= 15 is 0 Å². The highest BCUT2D eigenvalue weighted by Gasteiger charge is 2.31. The van der Waals surface area contributed by atoms with E-state index in [-0.39, 0.29) is 29.7 Å². The maximum absolute atomic E-state index is 13.5. The first-order valence-corrected chi connectivity index (χ1v) is 9.16. The van der Waals surface area contributed by atoms with Crippen LogP contribution in [-0.4, -0.2) is 54.4 Å². The number of likely N-dealkylation sites (tertiary alicyclic amines) is 1. The monoisotopic (exact) mass is 372 g/mol. The summed E-state index contributed by atoms with van der Waals surface area (Å²) < 4.78 is 13.5. The van der Waals surface area contributed by atoms with E-state index in [9.17, 15) is 14.0 Å². The lowest BCUT2D eigenvalue weighted by Crippen LogP contribution is -2.42. The van der Waals surface area contributed by atoms with E-state index in [0.29, 0.717) is 35.1 Å². The second kappa shape index (κ2) is 8.00. The third-order valence-electron chi connectivity index (χ3n) is 5.33. The molecule has 1 aromatic heterocycles. The van der Waals surface area contributed by atoms with Gasteiger partial charge < -0.3 is 10.6 Å². The Morgan fingerprint density at radius 2 is 2.00 bits per heavy atom. The minimum absolute atomic E-state index is 0.0301. The van der Waals surface area contributed by atoms with Gasteiger partial charge in [0.05, 0.1) is 11.1 Å². The van der Waals surface area contributed by atoms with E-state index in [1.165, 1.54) is 12.1 Å². The molecule has 1 aliphatic rings. The fourth-order valence-electron chi connectivity index (χ4n) is 3.73. The van der Waals surface area contributed by atoms with Gasteiger partial charge >= 0.3 is 0 Å². The van der Waals surface area contributed by atoms with Crippen molar-refractivity contribution in [1.82, 2.24) is 20.5 Å². The van der Waals surface area contributed by atoms with Crippen LogP contribution in [0.4, 0.5) is 4.39 Å². The van der Waals surface area contributed by atoms with E-state index in [0.717, 1.165) is 12.8 Å². The molecule has 0 saturated carbocycles. The minimum atomic E-state index is -0.373. The van der Waals surface area contributed by atoms with Crippen LogP contribution in [0, 0.1) is 12.7 Å². The zero-order chi connectivity index (χ0) is 19.6. The molecule has 1 aliphatic heterocycles. The topological polar surface area (TPSA) is 74.3 Å². The molecule has 2 atom stereocenters. The number of hydrogen-bond acceptors (Lipinski definition) is 4. The van der Waals surface area contributed by atoms with E-state index < -0.39 is 0 Å². The largest absolute Gasteiger partial charge is 0.359 e. The van der Waals surface area contributed by atoms with Gasteiger partial charge in [0.1, 0.15) is 5.82 Å². The Morgan fingerprint density at radius 1 is 1.26 bits per heavy atom. The second-order valence-corrected chi connectivity index (χ2v) is 7.11. The number of rotatable bonds is 5. The van der Waals surface area contributed by atoms with Gasteiger partial charge in [0, 0.05) is 49.2 Å². The van der Waals surface area contributed by atoms with Gasteiger partial charge in [0.2, 0.25) is 5.91 Å². The predicted octanol–water partition coefficient (Wildman–Crippen LogP) is 2.01. The van der Waals surface area contributed by atoms with Gasteiger partial charge in [-0.2, -0.15) is 0 Å². The first-order chi connectivity index (χ1) is 12.9. The molecular formula is C20H25FN4O2. The quantitative estimate of drug-likeness (QED) is 0.842. The summed E-state index contributed by atoms with van der Waals surface area (Å²) in [6, 6.07) is 6.38. The van der Waals surface area contributed by atoms with Crippen LogP contribution in [-0.2, 0) is 4.79 Å². The summed E-state index contributed by atoms with van der Waals surface area (Å²) in [5.41, 5.74) is 1.64. The summed E-state index contributed by atoms with van der Waals surface area (Å²) in [6.45, 7) is 2.29. The highest BCUT2D eigenvalue weighted by Crippen LogP contribution is 2.24. The molecule has 27 heavy (non-hydrogen) atoms. The van der Waals surface area contributed by atoms with Crippen molar-refractivity contribution in [3.8, 4) is 0 Å². The maximum Gasteiger partial charge on any atom is 0.252 e. The molecule has 0 bridgehead atoms. The molecule has 6 nitrogen and oxygen atoms in total. The molecule has 0 radical (unpaired) electrons. The Balaban J connectivity index is 1.68. The number of aryl methyl sites for hydroxylation is 1.